The van der Waals surface area contributed by atoms with Gasteiger partial charge in [-0.2, -0.15) is 0 Å². The number of hydrogen-bond acceptors (Lipinski definition) is 5. The maximum absolute atomic E-state index is 11.3. The van der Waals surface area contributed by atoms with Crippen LogP contribution in [0.3, 0.4) is 0 Å². The molecule has 8 heteroatoms. The van der Waals surface area contributed by atoms with Crippen LogP contribution in [0.4, 0.5) is 0 Å². The molecule has 1 amide bonds. The number of carbonyl (C=O) groups excluding carboxylic acids is 1. The molecule has 1 atom stereocenters. The lowest BCUT2D eigenvalue weighted by molar-refractivity contribution is -0.133. The van der Waals surface area contributed by atoms with Crippen LogP contribution in [0.1, 0.15) is 32.0 Å². The largest absolute Gasteiger partial charge is 0.481 e. The first-order valence-corrected chi connectivity index (χ1v) is 7.64. The van der Waals surface area contributed by atoms with Crippen LogP contribution in [-0.2, 0) is 22.6 Å². The van der Waals surface area contributed by atoms with Gasteiger partial charge in [0.15, 0.2) is 5.16 Å². The number of carboxylic acid groups (broad SMARTS) is 1. The summed E-state index contributed by atoms with van der Waals surface area (Å²) in [5, 5.41) is 20.5. The van der Waals surface area contributed by atoms with Gasteiger partial charge in [-0.15, -0.1) is 10.2 Å². The van der Waals surface area contributed by atoms with Crippen LogP contribution in [0.2, 0.25) is 0 Å². The summed E-state index contributed by atoms with van der Waals surface area (Å²) in [4.78, 5) is 21.9. The van der Waals surface area contributed by atoms with E-state index in [0.29, 0.717) is 18.1 Å². The van der Waals surface area contributed by atoms with Crippen LogP contribution in [-0.4, -0.2) is 43.5 Å². The van der Waals surface area contributed by atoms with Crippen molar-refractivity contribution < 1.29 is 14.7 Å². The Bertz CT molecular complexity index is 503. The molecule has 1 aromatic rings. The van der Waals surface area contributed by atoms with Crippen molar-refractivity contribution in [1.29, 1.82) is 0 Å². The van der Waals surface area contributed by atoms with E-state index in [9.17, 15) is 9.59 Å². The first-order valence-electron chi connectivity index (χ1n) is 6.66. The van der Waals surface area contributed by atoms with Gasteiger partial charge in [-0.05, 0) is 12.8 Å². The second-order valence-corrected chi connectivity index (χ2v) is 5.69. The average molecular weight is 298 g/mol. The maximum Gasteiger partial charge on any atom is 0.313 e. The fourth-order valence-electron chi connectivity index (χ4n) is 2.18. The fourth-order valence-corrected chi connectivity index (χ4v) is 2.87. The number of carboxylic acids is 1. The molecule has 7 nitrogen and oxygen atoms in total. The molecule has 20 heavy (non-hydrogen) atoms. The van der Waals surface area contributed by atoms with Crippen LogP contribution in [0, 0.1) is 0 Å². The van der Waals surface area contributed by atoms with E-state index in [1.165, 1.54) is 0 Å². The van der Waals surface area contributed by atoms with E-state index >= 15 is 0 Å². The molecular formula is C12H18N4O3S. The second kappa shape index (κ2) is 6.74. The molecule has 1 fully saturated rings. The molecule has 0 aromatic carbocycles. The fraction of sp³-hybridized carbons (Fsp3) is 0.667. The Morgan fingerprint density at radius 3 is 2.95 bits per heavy atom. The summed E-state index contributed by atoms with van der Waals surface area (Å²) in [5.74, 6) is -0.00136. The number of aryl methyl sites for hydroxylation is 1. The van der Waals surface area contributed by atoms with Gasteiger partial charge >= 0.3 is 5.97 Å². The number of thioether (sulfide) groups is 1. The smallest absolute Gasteiger partial charge is 0.313 e. The van der Waals surface area contributed by atoms with Crippen LogP contribution in [0.25, 0.3) is 0 Å². The quantitative estimate of drug-likeness (QED) is 0.719. The summed E-state index contributed by atoms with van der Waals surface area (Å²) in [5.41, 5.74) is 0. The monoisotopic (exact) mass is 298 g/mol. The van der Waals surface area contributed by atoms with Crippen molar-refractivity contribution in [3.8, 4) is 0 Å². The zero-order valence-electron chi connectivity index (χ0n) is 11.3. The van der Waals surface area contributed by atoms with E-state index in [-0.39, 0.29) is 17.7 Å². The summed E-state index contributed by atoms with van der Waals surface area (Å²) >= 11 is 1.16. The Morgan fingerprint density at radius 1 is 1.55 bits per heavy atom. The maximum atomic E-state index is 11.3. The molecule has 110 valence electrons. The van der Waals surface area contributed by atoms with Crippen LogP contribution in [0.15, 0.2) is 5.16 Å². The molecule has 1 aromatic heterocycles. The van der Waals surface area contributed by atoms with Crippen molar-refractivity contribution in [1.82, 2.24) is 20.1 Å². The summed E-state index contributed by atoms with van der Waals surface area (Å²) in [7, 11) is 0. The summed E-state index contributed by atoms with van der Waals surface area (Å²) in [6.45, 7) is 2.66. The molecule has 1 aliphatic rings. The Kier molecular flexibility index (Phi) is 4.99. The molecule has 2 rings (SSSR count). The number of aromatic nitrogens is 3. The molecule has 0 bridgehead atoms. The predicted molar refractivity (Wildman–Crippen MR) is 73.5 cm³/mol. The SMILES string of the molecule is CCCc1nnc(SCC(=O)O)n1CC1CCC(=O)N1. The van der Waals surface area contributed by atoms with E-state index < -0.39 is 5.97 Å². The van der Waals surface area contributed by atoms with E-state index in [1.54, 1.807) is 0 Å². The van der Waals surface area contributed by atoms with Gasteiger partial charge in [-0.3, -0.25) is 9.59 Å². The van der Waals surface area contributed by atoms with Crippen LogP contribution in [0.5, 0.6) is 0 Å². The highest BCUT2D eigenvalue weighted by molar-refractivity contribution is 7.99. The van der Waals surface area contributed by atoms with Gasteiger partial charge < -0.3 is 15.0 Å². The topological polar surface area (TPSA) is 97.1 Å². The third kappa shape index (κ3) is 3.72. The number of carbonyl (C=O) groups is 2. The average Bonchev–Trinajstić information content (AvgIpc) is 2.96. The highest BCUT2D eigenvalue weighted by Gasteiger charge is 2.23. The number of rotatable bonds is 7. The third-order valence-corrected chi connectivity index (χ3v) is 4.03. The number of amides is 1. The number of aliphatic carboxylic acids is 1. The van der Waals surface area contributed by atoms with E-state index in [2.05, 4.69) is 22.4 Å². The molecule has 2 heterocycles. The van der Waals surface area contributed by atoms with E-state index in [4.69, 9.17) is 5.11 Å². The van der Waals surface area contributed by atoms with Gasteiger partial charge in [0, 0.05) is 25.4 Å². The molecule has 2 N–H and O–H groups in total. The highest BCUT2D eigenvalue weighted by Crippen LogP contribution is 2.20. The minimum Gasteiger partial charge on any atom is -0.481 e. The van der Waals surface area contributed by atoms with Gasteiger partial charge in [0.05, 0.1) is 5.75 Å². The number of hydrogen-bond donors (Lipinski definition) is 2. The summed E-state index contributed by atoms with van der Waals surface area (Å²) in [6, 6.07) is 0.0817. The lowest BCUT2D eigenvalue weighted by Gasteiger charge is -2.14. The van der Waals surface area contributed by atoms with Crippen LogP contribution < -0.4 is 5.32 Å². The van der Waals surface area contributed by atoms with Crippen molar-refractivity contribution in [2.45, 2.75) is 50.4 Å². The Balaban J connectivity index is 2.11. The summed E-state index contributed by atoms with van der Waals surface area (Å²) in [6.07, 6.45) is 3.08. The molecule has 0 saturated carbocycles. The van der Waals surface area contributed by atoms with Gasteiger partial charge in [0.25, 0.3) is 0 Å². The van der Waals surface area contributed by atoms with E-state index in [1.807, 2.05) is 4.57 Å². The van der Waals surface area contributed by atoms with Crippen molar-refractivity contribution in [3.63, 3.8) is 0 Å². The Hall–Kier alpha value is -1.57. The molecule has 0 spiro atoms. The minimum atomic E-state index is -0.879. The lowest BCUT2D eigenvalue weighted by Crippen LogP contribution is -2.30. The standard InChI is InChI=1S/C12H18N4O3S/c1-2-3-9-14-15-12(20-7-11(18)19)16(9)6-8-4-5-10(17)13-8/h8H,2-7H2,1H3,(H,13,17)(H,18,19). The molecule has 1 unspecified atom stereocenters. The van der Waals surface area contributed by atoms with Crippen molar-refractivity contribution in [3.05, 3.63) is 5.82 Å². The molecule has 1 saturated heterocycles. The highest BCUT2D eigenvalue weighted by atomic mass is 32.2. The molecule has 1 aliphatic heterocycles. The molecular weight excluding hydrogens is 280 g/mol. The Morgan fingerprint density at radius 2 is 2.35 bits per heavy atom. The summed E-state index contributed by atoms with van der Waals surface area (Å²) < 4.78 is 1.94. The van der Waals surface area contributed by atoms with Crippen LogP contribution >= 0.6 is 11.8 Å². The number of nitrogens with zero attached hydrogens (tertiary/aromatic N) is 3. The van der Waals surface area contributed by atoms with Gasteiger partial charge in [-0.25, -0.2) is 0 Å². The first-order chi connectivity index (χ1) is 9.60. The second-order valence-electron chi connectivity index (χ2n) is 4.74. The lowest BCUT2D eigenvalue weighted by atomic mass is 10.2. The normalized spacial score (nSPS) is 18.2. The van der Waals surface area contributed by atoms with Crippen molar-refractivity contribution >= 4 is 23.6 Å². The van der Waals surface area contributed by atoms with Gasteiger partial charge in [0.1, 0.15) is 5.82 Å². The van der Waals surface area contributed by atoms with Crippen molar-refractivity contribution in [2.75, 3.05) is 5.75 Å². The Labute approximate surface area is 121 Å². The zero-order valence-corrected chi connectivity index (χ0v) is 12.2. The van der Waals surface area contributed by atoms with E-state index in [0.717, 1.165) is 36.8 Å². The number of nitrogens with one attached hydrogen (secondary N) is 1. The van der Waals surface area contributed by atoms with Crippen molar-refractivity contribution in [2.24, 2.45) is 0 Å². The van der Waals surface area contributed by atoms with Gasteiger partial charge in [0.2, 0.25) is 5.91 Å². The molecule has 0 aliphatic carbocycles. The third-order valence-electron chi connectivity index (χ3n) is 3.08. The zero-order chi connectivity index (χ0) is 14.5. The minimum absolute atomic E-state index is 0.0404. The molecule has 0 radical (unpaired) electrons. The predicted octanol–water partition coefficient (Wildman–Crippen LogP) is 0.686. The first kappa shape index (κ1) is 14.8. The van der Waals surface area contributed by atoms with Gasteiger partial charge in [-0.1, -0.05) is 18.7 Å².